The van der Waals surface area contributed by atoms with Gasteiger partial charge >= 0.3 is 7.12 Å². The molecule has 0 saturated carbocycles. The molecular weight excluding hydrogens is 355 g/mol. The summed E-state index contributed by atoms with van der Waals surface area (Å²) in [5.41, 5.74) is -0.568. The molecule has 16 heavy (non-hydrogen) atoms. The molecule has 6 heteroatoms. The maximum absolute atomic E-state index is 5.98. The van der Waals surface area contributed by atoms with Crippen molar-refractivity contribution in [2.45, 2.75) is 38.9 Å². The zero-order valence-electron chi connectivity index (χ0n) is 9.64. The highest BCUT2D eigenvalue weighted by Crippen LogP contribution is 2.38. The van der Waals surface area contributed by atoms with Crippen molar-refractivity contribution < 1.29 is 9.31 Å². The van der Waals surface area contributed by atoms with Crippen molar-refractivity contribution >= 4 is 55.1 Å². The van der Waals surface area contributed by atoms with Gasteiger partial charge in [0.2, 0.25) is 0 Å². The molecule has 0 unspecified atom stereocenters. The van der Waals surface area contributed by atoms with Crippen molar-refractivity contribution in [1.29, 1.82) is 0 Å². The van der Waals surface area contributed by atoms with Crippen molar-refractivity contribution in [3.05, 3.63) is 14.3 Å². The van der Waals surface area contributed by atoms with Crippen molar-refractivity contribution in [1.82, 2.24) is 0 Å². The second-order valence-electron chi connectivity index (χ2n) is 4.85. The van der Waals surface area contributed by atoms with Crippen LogP contribution < -0.4 is 4.78 Å². The van der Waals surface area contributed by atoms with Gasteiger partial charge in [-0.05, 0) is 59.6 Å². The summed E-state index contributed by atoms with van der Waals surface area (Å²) in [6, 6.07) is 0. The molecule has 0 amide bonds. The highest BCUT2D eigenvalue weighted by molar-refractivity contribution is 9.13. The summed E-state index contributed by atoms with van der Waals surface area (Å²) >= 11 is 8.64. The van der Waals surface area contributed by atoms with Crippen LogP contribution in [-0.2, 0) is 9.31 Å². The van der Waals surface area contributed by atoms with Gasteiger partial charge in [0, 0.05) is 14.3 Å². The first-order valence-corrected chi connectivity index (χ1v) is 7.49. The molecule has 1 aliphatic heterocycles. The zero-order chi connectivity index (χ0) is 12.1. The summed E-state index contributed by atoms with van der Waals surface area (Å²) in [7, 11) is -0.282. The fourth-order valence-corrected chi connectivity index (χ4v) is 3.57. The first-order chi connectivity index (χ1) is 7.24. The Morgan fingerprint density at radius 2 is 1.62 bits per heavy atom. The second-order valence-corrected chi connectivity index (χ2v) is 7.41. The fraction of sp³-hybridized carbons (Fsp3) is 0.600. The molecule has 1 aliphatic rings. The maximum atomic E-state index is 5.98. The molecule has 0 N–H and O–H groups in total. The van der Waals surface area contributed by atoms with Gasteiger partial charge in [0.25, 0.3) is 0 Å². The number of hydrogen-bond donors (Lipinski definition) is 0. The van der Waals surface area contributed by atoms with Crippen molar-refractivity contribution in [3.63, 3.8) is 0 Å². The van der Waals surface area contributed by atoms with Crippen LogP contribution in [0.3, 0.4) is 0 Å². The van der Waals surface area contributed by atoms with Crippen LogP contribution in [0.1, 0.15) is 27.7 Å². The summed E-state index contributed by atoms with van der Waals surface area (Å²) in [6.45, 7) is 8.24. The highest BCUT2D eigenvalue weighted by Gasteiger charge is 2.52. The van der Waals surface area contributed by atoms with Crippen LogP contribution in [0.2, 0.25) is 0 Å². The van der Waals surface area contributed by atoms with Gasteiger partial charge < -0.3 is 9.31 Å². The van der Waals surface area contributed by atoms with Gasteiger partial charge in [-0.2, -0.15) is 11.3 Å². The van der Waals surface area contributed by atoms with E-state index in [0.29, 0.717) is 0 Å². The molecule has 0 spiro atoms. The average Bonchev–Trinajstić information content (AvgIpc) is 2.54. The Kier molecular flexibility index (Phi) is 3.34. The van der Waals surface area contributed by atoms with E-state index in [4.69, 9.17) is 9.31 Å². The van der Waals surface area contributed by atoms with E-state index in [1.54, 1.807) is 11.3 Å². The molecule has 0 bridgehead atoms. The Morgan fingerprint density at radius 3 is 2.00 bits per heavy atom. The van der Waals surface area contributed by atoms with Gasteiger partial charge in [-0.3, -0.25) is 0 Å². The van der Waals surface area contributed by atoms with Crippen molar-refractivity contribution in [3.8, 4) is 0 Å². The number of thiophene rings is 1. The fourth-order valence-electron chi connectivity index (χ4n) is 1.45. The van der Waals surface area contributed by atoms with E-state index in [-0.39, 0.29) is 18.3 Å². The third-order valence-electron chi connectivity index (χ3n) is 3.18. The minimum Gasteiger partial charge on any atom is -0.399 e. The summed E-state index contributed by atoms with van der Waals surface area (Å²) in [6.07, 6.45) is 0. The lowest BCUT2D eigenvalue weighted by atomic mass is 9.88. The maximum Gasteiger partial charge on any atom is 0.506 e. The monoisotopic (exact) mass is 366 g/mol. The van der Waals surface area contributed by atoms with Crippen LogP contribution in [0, 0.1) is 0 Å². The first-order valence-electron chi connectivity index (χ1n) is 5.02. The molecule has 0 atom stereocenters. The average molecular weight is 368 g/mol. The van der Waals surface area contributed by atoms with Gasteiger partial charge in [0.1, 0.15) is 0 Å². The van der Waals surface area contributed by atoms with Crippen LogP contribution in [0.25, 0.3) is 0 Å². The molecule has 2 nitrogen and oxygen atoms in total. The summed E-state index contributed by atoms with van der Waals surface area (Å²) in [5.74, 6) is 0. The predicted octanol–water partition coefficient (Wildman–Crippen LogP) is 3.57. The number of rotatable bonds is 1. The topological polar surface area (TPSA) is 18.5 Å². The molecule has 1 aromatic heterocycles. The lowest BCUT2D eigenvalue weighted by molar-refractivity contribution is 0.00578. The minimum absolute atomic E-state index is 0.282. The quantitative estimate of drug-likeness (QED) is 0.706. The third kappa shape index (κ3) is 2.03. The number of halogens is 2. The van der Waals surface area contributed by atoms with Gasteiger partial charge in [-0.15, -0.1) is 0 Å². The SMILES string of the molecule is CC1(C)OB(c2scc(Br)c2Br)OC1(C)C. The van der Waals surface area contributed by atoms with E-state index in [1.165, 1.54) is 0 Å². The number of hydrogen-bond acceptors (Lipinski definition) is 3. The van der Waals surface area contributed by atoms with E-state index in [1.807, 2.05) is 5.38 Å². The Bertz CT molecular complexity index is 401. The summed E-state index contributed by atoms with van der Waals surface area (Å²) in [4.78, 5) is 0. The van der Waals surface area contributed by atoms with Crippen LogP contribution in [0.5, 0.6) is 0 Å². The standard InChI is InChI=1S/C10H13BBr2O2S/c1-9(2)10(3,4)15-11(14-9)8-7(13)6(12)5-16-8/h5H,1-4H3. The van der Waals surface area contributed by atoms with Crippen LogP contribution in [0.4, 0.5) is 0 Å². The van der Waals surface area contributed by atoms with Crippen LogP contribution in [-0.4, -0.2) is 18.3 Å². The van der Waals surface area contributed by atoms with Crippen molar-refractivity contribution in [2.24, 2.45) is 0 Å². The molecule has 1 saturated heterocycles. The Balaban J connectivity index is 2.30. The molecular formula is C10H13BBr2O2S. The van der Waals surface area contributed by atoms with E-state index in [0.717, 1.165) is 13.7 Å². The van der Waals surface area contributed by atoms with Crippen molar-refractivity contribution in [2.75, 3.05) is 0 Å². The molecule has 1 aromatic rings. The highest BCUT2D eigenvalue weighted by atomic mass is 79.9. The molecule has 88 valence electrons. The smallest absolute Gasteiger partial charge is 0.399 e. The Hall–Kier alpha value is 0.645. The van der Waals surface area contributed by atoms with Crippen LogP contribution in [0.15, 0.2) is 14.3 Å². The lowest BCUT2D eigenvalue weighted by Gasteiger charge is -2.32. The summed E-state index contributed by atoms with van der Waals surface area (Å²) in [5, 5.41) is 2.03. The van der Waals surface area contributed by atoms with E-state index >= 15 is 0 Å². The molecule has 2 heterocycles. The van der Waals surface area contributed by atoms with E-state index < -0.39 is 0 Å². The largest absolute Gasteiger partial charge is 0.506 e. The predicted molar refractivity (Wildman–Crippen MR) is 75.4 cm³/mol. The molecule has 1 fully saturated rings. The minimum atomic E-state index is -0.284. The molecule has 0 aromatic carbocycles. The Morgan fingerprint density at radius 1 is 1.12 bits per heavy atom. The normalized spacial score (nSPS) is 22.8. The van der Waals surface area contributed by atoms with Crippen LogP contribution >= 0.6 is 43.2 Å². The van der Waals surface area contributed by atoms with Gasteiger partial charge in [-0.1, -0.05) is 0 Å². The van der Waals surface area contributed by atoms with E-state index in [9.17, 15) is 0 Å². The zero-order valence-corrected chi connectivity index (χ0v) is 13.6. The van der Waals surface area contributed by atoms with Gasteiger partial charge in [0.15, 0.2) is 0 Å². The third-order valence-corrected chi connectivity index (χ3v) is 6.76. The Labute approximate surface area is 117 Å². The molecule has 2 rings (SSSR count). The lowest BCUT2D eigenvalue weighted by Crippen LogP contribution is -2.41. The molecule has 0 aliphatic carbocycles. The van der Waals surface area contributed by atoms with Gasteiger partial charge in [-0.25, -0.2) is 0 Å². The first kappa shape index (κ1) is 13.1. The molecule has 0 radical (unpaired) electrons. The van der Waals surface area contributed by atoms with E-state index in [2.05, 4.69) is 59.6 Å². The second kappa shape index (κ2) is 4.09. The summed E-state index contributed by atoms with van der Waals surface area (Å²) < 4.78 is 15.1. The van der Waals surface area contributed by atoms with Gasteiger partial charge in [0.05, 0.1) is 16.0 Å².